The largest absolute Gasteiger partial charge is 0.482 e. The number of aliphatic carboxylic acids is 1. The zero-order valence-electron chi connectivity index (χ0n) is 14.2. The third-order valence-electron chi connectivity index (χ3n) is 3.90. The molecule has 0 saturated carbocycles. The van der Waals surface area contributed by atoms with E-state index < -0.39 is 12.6 Å². The highest BCUT2D eigenvalue weighted by molar-refractivity contribution is 5.94. The third-order valence-corrected chi connectivity index (χ3v) is 3.90. The standard InChI is InChI=1S/C18H25NO6/c20-17(21)13-25-16-4-1-3-15(11-16)18(22)19-7-2-8-24-12-14-5-9-23-10-6-14/h1,3-4,11,14H,2,5-10,12-13H2,(H,19,22)(H,20,21). The maximum Gasteiger partial charge on any atom is 0.341 e. The van der Waals surface area contributed by atoms with E-state index in [-0.39, 0.29) is 5.91 Å². The summed E-state index contributed by atoms with van der Waals surface area (Å²) in [5.41, 5.74) is 0.436. The molecule has 1 heterocycles. The van der Waals surface area contributed by atoms with Crippen LogP contribution < -0.4 is 10.1 Å². The Morgan fingerprint density at radius 2 is 2.08 bits per heavy atom. The normalized spacial score (nSPS) is 14.9. The molecule has 1 aromatic rings. The zero-order valence-corrected chi connectivity index (χ0v) is 14.2. The second-order valence-electron chi connectivity index (χ2n) is 5.95. The molecule has 0 atom stereocenters. The van der Waals surface area contributed by atoms with Crippen molar-refractivity contribution in [3.8, 4) is 5.75 Å². The van der Waals surface area contributed by atoms with Crippen LogP contribution in [0.2, 0.25) is 0 Å². The first-order chi connectivity index (χ1) is 12.1. The Bertz CT molecular complexity index is 556. The quantitative estimate of drug-likeness (QED) is 0.623. The molecule has 25 heavy (non-hydrogen) atoms. The number of carbonyl (C=O) groups excluding carboxylic acids is 1. The van der Waals surface area contributed by atoms with Crippen LogP contribution in [-0.2, 0) is 14.3 Å². The van der Waals surface area contributed by atoms with Gasteiger partial charge in [0.2, 0.25) is 0 Å². The van der Waals surface area contributed by atoms with Crippen molar-refractivity contribution in [1.82, 2.24) is 5.32 Å². The van der Waals surface area contributed by atoms with Gasteiger partial charge in [0.1, 0.15) is 5.75 Å². The van der Waals surface area contributed by atoms with Gasteiger partial charge in [0.05, 0.1) is 0 Å². The molecule has 0 aromatic heterocycles. The first-order valence-corrected chi connectivity index (χ1v) is 8.53. The summed E-state index contributed by atoms with van der Waals surface area (Å²) in [6.07, 6.45) is 2.85. The molecular formula is C18H25NO6. The number of hydrogen-bond donors (Lipinski definition) is 2. The van der Waals surface area contributed by atoms with Crippen molar-refractivity contribution < 1.29 is 28.9 Å². The molecule has 1 amide bonds. The molecule has 1 aliphatic rings. The summed E-state index contributed by atoms with van der Waals surface area (Å²) in [5, 5.41) is 11.4. The van der Waals surface area contributed by atoms with E-state index in [1.165, 1.54) is 6.07 Å². The maximum atomic E-state index is 12.1. The van der Waals surface area contributed by atoms with E-state index in [1.54, 1.807) is 18.2 Å². The van der Waals surface area contributed by atoms with Crippen molar-refractivity contribution in [3.63, 3.8) is 0 Å². The fourth-order valence-electron chi connectivity index (χ4n) is 2.51. The second-order valence-corrected chi connectivity index (χ2v) is 5.95. The van der Waals surface area contributed by atoms with Gasteiger partial charge in [0, 0.05) is 38.5 Å². The van der Waals surface area contributed by atoms with E-state index >= 15 is 0 Å². The van der Waals surface area contributed by atoms with Crippen molar-refractivity contribution in [2.24, 2.45) is 5.92 Å². The molecule has 1 aliphatic heterocycles. The topological polar surface area (TPSA) is 94.1 Å². The Labute approximate surface area is 147 Å². The van der Waals surface area contributed by atoms with Crippen molar-refractivity contribution in [2.45, 2.75) is 19.3 Å². The number of benzene rings is 1. The van der Waals surface area contributed by atoms with Gasteiger partial charge in [-0.05, 0) is 43.4 Å². The Balaban J connectivity index is 1.61. The van der Waals surface area contributed by atoms with E-state index in [1.807, 2.05) is 0 Å². The molecule has 0 aliphatic carbocycles. The van der Waals surface area contributed by atoms with Crippen LogP contribution in [0.1, 0.15) is 29.6 Å². The van der Waals surface area contributed by atoms with Crippen LogP contribution in [0, 0.1) is 5.92 Å². The maximum absolute atomic E-state index is 12.1. The van der Waals surface area contributed by atoms with E-state index in [2.05, 4.69) is 5.32 Å². The highest BCUT2D eigenvalue weighted by atomic mass is 16.5. The molecule has 2 rings (SSSR count). The monoisotopic (exact) mass is 351 g/mol. The molecule has 7 heteroatoms. The van der Waals surface area contributed by atoms with E-state index in [0.29, 0.717) is 30.4 Å². The van der Waals surface area contributed by atoms with Crippen LogP contribution in [0.5, 0.6) is 5.75 Å². The highest BCUT2D eigenvalue weighted by Crippen LogP contribution is 2.15. The number of carboxylic acids is 1. The van der Waals surface area contributed by atoms with Gasteiger partial charge in [0.25, 0.3) is 5.91 Å². The molecule has 2 N–H and O–H groups in total. The minimum Gasteiger partial charge on any atom is -0.482 e. The minimum atomic E-state index is -1.06. The fourth-order valence-corrected chi connectivity index (χ4v) is 2.51. The van der Waals surface area contributed by atoms with Gasteiger partial charge in [-0.25, -0.2) is 4.79 Å². The first kappa shape index (κ1) is 19.2. The lowest BCUT2D eigenvalue weighted by Gasteiger charge is -2.21. The molecule has 0 bridgehead atoms. The molecule has 0 unspecified atom stereocenters. The number of nitrogens with one attached hydrogen (secondary N) is 1. The van der Waals surface area contributed by atoms with Crippen molar-refractivity contribution >= 4 is 11.9 Å². The second kappa shape index (κ2) is 10.7. The van der Waals surface area contributed by atoms with Gasteiger partial charge in [0.15, 0.2) is 6.61 Å². The van der Waals surface area contributed by atoms with E-state index in [9.17, 15) is 9.59 Å². The number of carboxylic acid groups (broad SMARTS) is 1. The molecule has 0 radical (unpaired) electrons. The van der Waals surface area contributed by atoms with Gasteiger partial charge in [-0.3, -0.25) is 4.79 Å². The van der Waals surface area contributed by atoms with Crippen LogP contribution >= 0.6 is 0 Å². The summed E-state index contributed by atoms with van der Waals surface area (Å²) in [7, 11) is 0. The Morgan fingerprint density at radius 3 is 2.84 bits per heavy atom. The smallest absolute Gasteiger partial charge is 0.341 e. The highest BCUT2D eigenvalue weighted by Gasteiger charge is 2.13. The number of carbonyl (C=O) groups is 2. The number of rotatable bonds is 10. The number of amides is 1. The van der Waals surface area contributed by atoms with Crippen LogP contribution in [0.3, 0.4) is 0 Å². The lowest BCUT2D eigenvalue weighted by atomic mass is 10.0. The number of hydrogen-bond acceptors (Lipinski definition) is 5. The van der Waals surface area contributed by atoms with Crippen molar-refractivity contribution in [1.29, 1.82) is 0 Å². The predicted molar refractivity (Wildman–Crippen MR) is 90.9 cm³/mol. The first-order valence-electron chi connectivity index (χ1n) is 8.53. The Morgan fingerprint density at radius 1 is 1.28 bits per heavy atom. The van der Waals surface area contributed by atoms with Gasteiger partial charge < -0.3 is 24.6 Å². The molecule has 7 nitrogen and oxygen atoms in total. The van der Waals surface area contributed by atoms with E-state index in [4.69, 9.17) is 19.3 Å². The fraction of sp³-hybridized carbons (Fsp3) is 0.556. The van der Waals surface area contributed by atoms with Crippen LogP contribution in [0.4, 0.5) is 0 Å². The van der Waals surface area contributed by atoms with Gasteiger partial charge in [-0.15, -0.1) is 0 Å². The van der Waals surface area contributed by atoms with Crippen LogP contribution in [0.15, 0.2) is 24.3 Å². The predicted octanol–water partition coefficient (Wildman–Crippen LogP) is 1.71. The van der Waals surface area contributed by atoms with Gasteiger partial charge in [-0.1, -0.05) is 6.07 Å². The summed E-state index contributed by atoms with van der Waals surface area (Å²) < 4.78 is 16.0. The van der Waals surface area contributed by atoms with Crippen molar-refractivity contribution in [2.75, 3.05) is 39.6 Å². The molecule has 1 fully saturated rings. The lowest BCUT2D eigenvalue weighted by Crippen LogP contribution is -2.26. The summed E-state index contributed by atoms with van der Waals surface area (Å²) in [5.74, 6) is -0.340. The lowest BCUT2D eigenvalue weighted by molar-refractivity contribution is -0.139. The summed E-state index contributed by atoms with van der Waals surface area (Å²) in [6.45, 7) is 3.08. The molecule has 138 valence electrons. The van der Waals surface area contributed by atoms with Crippen molar-refractivity contribution in [3.05, 3.63) is 29.8 Å². The summed E-state index contributed by atoms with van der Waals surface area (Å²) in [4.78, 5) is 22.6. The van der Waals surface area contributed by atoms with Gasteiger partial charge >= 0.3 is 5.97 Å². The summed E-state index contributed by atoms with van der Waals surface area (Å²) in [6, 6.07) is 6.46. The SMILES string of the molecule is O=C(O)COc1cccc(C(=O)NCCCOCC2CCOCC2)c1. The Hall–Kier alpha value is -2.12. The number of ether oxygens (including phenoxy) is 3. The average molecular weight is 351 g/mol. The molecule has 0 spiro atoms. The van der Waals surface area contributed by atoms with E-state index in [0.717, 1.165) is 39.1 Å². The average Bonchev–Trinajstić information content (AvgIpc) is 2.63. The van der Waals surface area contributed by atoms with Crippen LogP contribution in [-0.4, -0.2) is 56.6 Å². The van der Waals surface area contributed by atoms with Crippen LogP contribution in [0.25, 0.3) is 0 Å². The zero-order chi connectivity index (χ0) is 17.9. The Kier molecular flexibility index (Phi) is 8.21. The molecule has 1 saturated heterocycles. The molecular weight excluding hydrogens is 326 g/mol. The third kappa shape index (κ3) is 7.53. The minimum absolute atomic E-state index is 0.217. The summed E-state index contributed by atoms with van der Waals surface area (Å²) >= 11 is 0. The molecule has 1 aromatic carbocycles. The van der Waals surface area contributed by atoms with Gasteiger partial charge in [-0.2, -0.15) is 0 Å².